The van der Waals surface area contributed by atoms with Crippen molar-refractivity contribution in [3.8, 4) is 0 Å². The number of nitrogens with zero attached hydrogens (tertiary/aromatic N) is 1. The van der Waals surface area contributed by atoms with Crippen molar-refractivity contribution >= 4 is 0 Å². The molecule has 1 unspecified atom stereocenters. The summed E-state index contributed by atoms with van der Waals surface area (Å²) in [7, 11) is 0. The van der Waals surface area contributed by atoms with Crippen molar-refractivity contribution in [1.82, 2.24) is 4.57 Å². The maximum absolute atomic E-state index is 11.6. The second-order valence-corrected chi connectivity index (χ2v) is 4.06. The minimum absolute atomic E-state index is 0.126. The Morgan fingerprint density at radius 2 is 2.29 bits per heavy atom. The van der Waals surface area contributed by atoms with Crippen molar-refractivity contribution in [2.45, 2.75) is 31.9 Å². The van der Waals surface area contributed by atoms with Crippen molar-refractivity contribution in [2.24, 2.45) is 0 Å². The van der Waals surface area contributed by atoms with Gasteiger partial charge in [0.05, 0.1) is 19.3 Å². The molecule has 2 heterocycles. The SMILES string of the molecule is O=c1ccc2c(n1CC1CO1)CCC2. The van der Waals surface area contributed by atoms with Gasteiger partial charge in [0.15, 0.2) is 0 Å². The standard InChI is InChI=1S/C11H13NO2/c13-11-5-4-8-2-1-3-10(8)12(11)6-9-7-14-9/h4-5,9H,1-3,6-7H2. The number of pyridine rings is 1. The van der Waals surface area contributed by atoms with Gasteiger partial charge in [0.2, 0.25) is 0 Å². The third-order valence-corrected chi connectivity index (χ3v) is 3.04. The van der Waals surface area contributed by atoms with E-state index in [2.05, 4.69) is 0 Å². The molecule has 0 amide bonds. The Morgan fingerprint density at radius 3 is 3.07 bits per heavy atom. The first-order valence-electron chi connectivity index (χ1n) is 5.18. The molecular formula is C11H13NO2. The summed E-state index contributed by atoms with van der Waals surface area (Å²) < 4.78 is 7.07. The zero-order chi connectivity index (χ0) is 9.54. The van der Waals surface area contributed by atoms with Crippen LogP contribution in [-0.2, 0) is 24.1 Å². The van der Waals surface area contributed by atoms with E-state index >= 15 is 0 Å². The van der Waals surface area contributed by atoms with Gasteiger partial charge in [-0.15, -0.1) is 0 Å². The van der Waals surface area contributed by atoms with Gasteiger partial charge in [-0.1, -0.05) is 6.07 Å². The Hall–Kier alpha value is -1.09. The van der Waals surface area contributed by atoms with E-state index in [1.54, 1.807) is 6.07 Å². The molecular weight excluding hydrogens is 178 g/mol. The molecule has 2 aliphatic rings. The van der Waals surface area contributed by atoms with Gasteiger partial charge in [-0.25, -0.2) is 0 Å². The van der Waals surface area contributed by atoms with E-state index in [1.165, 1.54) is 17.7 Å². The highest BCUT2D eigenvalue weighted by molar-refractivity contribution is 5.25. The minimum Gasteiger partial charge on any atom is -0.371 e. The molecule has 1 atom stereocenters. The van der Waals surface area contributed by atoms with Crippen molar-refractivity contribution in [3.05, 3.63) is 33.7 Å². The van der Waals surface area contributed by atoms with Crippen molar-refractivity contribution in [1.29, 1.82) is 0 Å². The van der Waals surface area contributed by atoms with Crippen LogP contribution in [0, 0.1) is 0 Å². The monoisotopic (exact) mass is 191 g/mol. The third-order valence-electron chi connectivity index (χ3n) is 3.04. The fourth-order valence-corrected chi connectivity index (χ4v) is 2.21. The number of aryl methyl sites for hydroxylation is 1. The highest BCUT2D eigenvalue weighted by Crippen LogP contribution is 2.21. The van der Waals surface area contributed by atoms with Gasteiger partial charge in [0, 0.05) is 11.8 Å². The van der Waals surface area contributed by atoms with E-state index < -0.39 is 0 Å². The minimum atomic E-state index is 0.126. The van der Waals surface area contributed by atoms with Gasteiger partial charge in [0.1, 0.15) is 0 Å². The van der Waals surface area contributed by atoms with Crippen LogP contribution in [0.25, 0.3) is 0 Å². The van der Waals surface area contributed by atoms with Crippen LogP contribution in [-0.4, -0.2) is 17.3 Å². The largest absolute Gasteiger partial charge is 0.371 e. The quantitative estimate of drug-likeness (QED) is 0.646. The van der Waals surface area contributed by atoms with Crippen molar-refractivity contribution in [2.75, 3.05) is 6.61 Å². The molecule has 0 N–H and O–H groups in total. The van der Waals surface area contributed by atoms with Crippen LogP contribution in [0.5, 0.6) is 0 Å². The van der Waals surface area contributed by atoms with Gasteiger partial charge >= 0.3 is 0 Å². The lowest BCUT2D eigenvalue weighted by molar-refractivity contribution is 0.377. The molecule has 14 heavy (non-hydrogen) atoms. The number of hydrogen-bond acceptors (Lipinski definition) is 2. The van der Waals surface area contributed by atoms with Crippen LogP contribution in [0.2, 0.25) is 0 Å². The molecule has 74 valence electrons. The molecule has 0 bridgehead atoms. The van der Waals surface area contributed by atoms with E-state index in [0.717, 1.165) is 26.0 Å². The van der Waals surface area contributed by atoms with Crippen LogP contribution in [0.3, 0.4) is 0 Å². The van der Waals surface area contributed by atoms with Crippen LogP contribution in [0.4, 0.5) is 0 Å². The average Bonchev–Trinajstić information content (AvgIpc) is 2.86. The smallest absolute Gasteiger partial charge is 0.250 e. The van der Waals surface area contributed by atoms with E-state index in [4.69, 9.17) is 4.74 Å². The summed E-state index contributed by atoms with van der Waals surface area (Å²) in [4.78, 5) is 11.6. The molecule has 0 radical (unpaired) electrons. The summed E-state index contributed by atoms with van der Waals surface area (Å²) in [5.41, 5.74) is 2.72. The number of fused-ring (bicyclic) bond motifs is 1. The summed E-state index contributed by atoms with van der Waals surface area (Å²) in [6.45, 7) is 1.57. The first-order chi connectivity index (χ1) is 6.84. The molecule has 1 saturated heterocycles. The fraction of sp³-hybridized carbons (Fsp3) is 0.545. The predicted molar refractivity (Wildman–Crippen MR) is 52.5 cm³/mol. The molecule has 0 saturated carbocycles. The molecule has 1 aliphatic carbocycles. The van der Waals surface area contributed by atoms with Crippen LogP contribution >= 0.6 is 0 Å². The molecule has 0 spiro atoms. The summed E-state index contributed by atoms with van der Waals surface area (Å²) in [5.74, 6) is 0. The summed E-state index contributed by atoms with van der Waals surface area (Å²) >= 11 is 0. The van der Waals surface area contributed by atoms with Gasteiger partial charge in [-0.05, 0) is 24.8 Å². The van der Waals surface area contributed by atoms with Gasteiger partial charge in [0.25, 0.3) is 5.56 Å². The molecule has 3 heteroatoms. The molecule has 0 aromatic carbocycles. The number of aromatic nitrogens is 1. The Labute approximate surface area is 82.3 Å². The topological polar surface area (TPSA) is 34.5 Å². The number of epoxide rings is 1. The van der Waals surface area contributed by atoms with Gasteiger partial charge in [-0.3, -0.25) is 4.79 Å². The summed E-state index contributed by atoms with van der Waals surface area (Å²) in [5, 5.41) is 0. The second-order valence-electron chi connectivity index (χ2n) is 4.06. The normalized spacial score (nSPS) is 23.6. The lowest BCUT2D eigenvalue weighted by Gasteiger charge is -2.09. The van der Waals surface area contributed by atoms with Gasteiger partial charge in [-0.2, -0.15) is 0 Å². The molecule has 1 aliphatic heterocycles. The Morgan fingerprint density at radius 1 is 1.43 bits per heavy atom. The van der Waals surface area contributed by atoms with Crippen LogP contribution in [0.1, 0.15) is 17.7 Å². The van der Waals surface area contributed by atoms with E-state index in [9.17, 15) is 4.79 Å². The fourth-order valence-electron chi connectivity index (χ4n) is 2.21. The van der Waals surface area contributed by atoms with Crippen molar-refractivity contribution in [3.63, 3.8) is 0 Å². The lowest BCUT2D eigenvalue weighted by atomic mass is 10.2. The van der Waals surface area contributed by atoms with E-state index in [-0.39, 0.29) is 5.56 Å². The number of ether oxygens (including phenoxy) is 1. The lowest BCUT2D eigenvalue weighted by Crippen LogP contribution is -2.24. The first-order valence-corrected chi connectivity index (χ1v) is 5.18. The molecule has 1 fully saturated rings. The third kappa shape index (κ3) is 1.28. The zero-order valence-electron chi connectivity index (χ0n) is 8.03. The number of hydrogen-bond donors (Lipinski definition) is 0. The van der Waals surface area contributed by atoms with E-state index in [1.807, 2.05) is 10.6 Å². The van der Waals surface area contributed by atoms with Crippen LogP contribution < -0.4 is 5.56 Å². The Kier molecular flexibility index (Phi) is 1.74. The Bertz CT molecular complexity index is 418. The molecule has 3 nitrogen and oxygen atoms in total. The van der Waals surface area contributed by atoms with Gasteiger partial charge < -0.3 is 9.30 Å². The number of rotatable bonds is 2. The summed E-state index contributed by atoms with van der Waals surface area (Å²) in [6.07, 6.45) is 3.66. The highest BCUT2D eigenvalue weighted by Gasteiger charge is 2.25. The average molecular weight is 191 g/mol. The predicted octanol–water partition coefficient (Wildman–Crippen LogP) is 0.736. The zero-order valence-corrected chi connectivity index (χ0v) is 8.03. The maximum Gasteiger partial charge on any atom is 0.250 e. The van der Waals surface area contributed by atoms with Crippen molar-refractivity contribution < 1.29 is 4.74 Å². The molecule has 1 aromatic rings. The maximum atomic E-state index is 11.6. The molecule has 1 aromatic heterocycles. The Balaban J connectivity index is 2.06. The van der Waals surface area contributed by atoms with E-state index in [0.29, 0.717) is 6.10 Å². The molecule has 3 rings (SSSR count). The van der Waals surface area contributed by atoms with Crippen LogP contribution in [0.15, 0.2) is 16.9 Å². The second kappa shape index (κ2) is 2.95. The first kappa shape index (κ1) is 8.24. The summed E-state index contributed by atoms with van der Waals surface area (Å²) in [6, 6.07) is 3.67. The highest BCUT2D eigenvalue weighted by atomic mass is 16.6.